The van der Waals surface area contributed by atoms with Crippen LogP contribution in [0.3, 0.4) is 0 Å². The minimum atomic E-state index is -0.629. The molecule has 0 spiro atoms. The van der Waals surface area contributed by atoms with E-state index < -0.39 is 12.2 Å². The standard InChI is InChI=1S/C10H9NO3/c1-6(12)14-10-8-5-3-2-4-7(8)9(13)11-10/h2-5,10H,1H3,(H,11,13). The third kappa shape index (κ3) is 1.35. The van der Waals surface area contributed by atoms with E-state index in [0.717, 1.165) is 0 Å². The lowest BCUT2D eigenvalue weighted by Crippen LogP contribution is -2.22. The van der Waals surface area contributed by atoms with Crippen molar-refractivity contribution in [2.24, 2.45) is 0 Å². The van der Waals surface area contributed by atoms with Crippen LogP contribution in [0.1, 0.15) is 29.1 Å². The molecule has 1 amide bonds. The first-order valence-electron chi connectivity index (χ1n) is 4.25. The number of hydrogen-bond acceptors (Lipinski definition) is 3. The Kier molecular flexibility index (Phi) is 1.96. The minimum absolute atomic E-state index is 0.202. The van der Waals surface area contributed by atoms with Crippen molar-refractivity contribution in [3.8, 4) is 0 Å². The van der Waals surface area contributed by atoms with Gasteiger partial charge in [0, 0.05) is 18.1 Å². The molecule has 1 aliphatic rings. The van der Waals surface area contributed by atoms with Crippen LogP contribution in [-0.2, 0) is 9.53 Å². The van der Waals surface area contributed by atoms with Gasteiger partial charge in [0.15, 0.2) is 0 Å². The SMILES string of the molecule is CC(=O)OC1NC(=O)c2ccccc21. The molecule has 1 aliphatic heterocycles. The highest BCUT2D eigenvalue weighted by molar-refractivity contribution is 5.99. The fraction of sp³-hybridized carbons (Fsp3) is 0.200. The van der Waals surface area contributed by atoms with Crippen LogP contribution in [0.5, 0.6) is 0 Å². The molecule has 0 saturated heterocycles. The monoisotopic (exact) mass is 191 g/mol. The van der Waals surface area contributed by atoms with E-state index in [9.17, 15) is 9.59 Å². The zero-order valence-electron chi connectivity index (χ0n) is 7.61. The van der Waals surface area contributed by atoms with Crippen molar-refractivity contribution in [1.29, 1.82) is 0 Å². The molecule has 1 atom stereocenters. The van der Waals surface area contributed by atoms with Crippen LogP contribution in [0.15, 0.2) is 24.3 Å². The molecule has 1 N–H and O–H groups in total. The number of rotatable bonds is 1. The van der Waals surface area contributed by atoms with E-state index in [2.05, 4.69) is 5.32 Å². The summed E-state index contributed by atoms with van der Waals surface area (Å²) >= 11 is 0. The second-order valence-corrected chi connectivity index (χ2v) is 3.05. The van der Waals surface area contributed by atoms with Gasteiger partial charge in [-0.3, -0.25) is 9.59 Å². The molecule has 2 rings (SSSR count). The van der Waals surface area contributed by atoms with Gasteiger partial charge in [0.2, 0.25) is 6.23 Å². The number of hydrogen-bond donors (Lipinski definition) is 1. The van der Waals surface area contributed by atoms with Gasteiger partial charge in [-0.05, 0) is 6.07 Å². The zero-order chi connectivity index (χ0) is 10.1. The summed E-state index contributed by atoms with van der Waals surface area (Å²) in [7, 11) is 0. The maximum absolute atomic E-state index is 11.4. The molecule has 1 heterocycles. The lowest BCUT2D eigenvalue weighted by Gasteiger charge is -2.10. The Labute approximate surface area is 80.9 Å². The van der Waals surface area contributed by atoms with Gasteiger partial charge >= 0.3 is 5.97 Å². The van der Waals surface area contributed by atoms with Crippen molar-refractivity contribution >= 4 is 11.9 Å². The summed E-state index contributed by atoms with van der Waals surface area (Å²) in [6.45, 7) is 1.31. The summed E-state index contributed by atoms with van der Waals surface area (Å²) < 4.78 is 4.94. The third-order valence-corrected chi connectivity index (χ3v) is 2.03. The number of amides is 1. The molecule has 72 valence electrons. The molecule has 0 aliphatic carbocycles. The van der Waals surface area contributed by atoms with Crippen LogP contribution >= 0.6 is 0 Å². The molecule has 0 bridgehead atoms. The van der Waals surface area contributed by atoms with Crippen molar-refractivity contribution in [3.05, 3.63) is 35.4 Å². The first-order chi connectivity index (χ1) is 6.68. The van der Waals surface area contributed by atoms with E-state index in [1.54, 1.807) is 24.3 Å². The van der Waals surface area contributed by atoms with Gasteiger partial charge in [-0.25, -0.2) is 0 Å². The Morgan fingerprint density at radius 2 is 2.14 bits per heavy atom. The fourth-order valence-corrected chi connectivity index (χ4v) is 1.47. The maximum Gasteiger partial charge on any atom is 0.304 e. The lowest BCUT2D eigenvalue weighted by molar-refractivity contribution is -0.147. The van der Waals surface area contributed by atoms with E-state index in [1.807, 2.05) is 0 Å². The van der Waals surface area contributed by atoms with Gasteiger partial charge in [0.05, 0.1) is 0 Å². The third-order valence-electron chi connectivity index (χ3n) is 2.03. The van der Waals surface area contributed by atoms with E-state index in [-0.39, 0.29) is 5.91 Å². The Bertz CT molecular complexity index is 398. The fourth-order valence-electron chi connectivity index (χ4n) is 1.47. The maximum atomic E-state index is 11.4. The normalized spacial score (nSPS) is 18.6. The summed E-state index contributed by atoms with van der Waals surface area (Å²) in [6.07, 6.45) is -0.629. The number of fused-ring (bicyclic) bond motifs is 1. The second kappa shape index (κ2) is 3.14. The minimum Gasteiger partial charge on any atom is -0.437 e. The Hall–Kier alpha value is -1.84. The summed E-state index contributed by atoms with van der Waals surface area (Å²) in [6, 6.07) is 7.04. The highest BCUT2D eigenvalue weighted by atomic mass is 16.6. The van der Waals surface area contributed by atoms with Crippen molar-refractivity contribution in [3.63, 3.8) is 0 Å². The summed E-state index contributed by atoms with van der Waals surface area (Å²) in [5.41, 5.74) is 1.28. The van der Waals surface area contributed by atoms with Gasteiger partial charge < -0.3 is 10.1 Å². The molecule has 0 aromatic heterocycles. The second-order valence-electron chi connectivity index (χ2n) is 3.05. The lowest BCUT2D eigenvalue weighted by atomic mass is 10.1. The number of benzene rings is 1. The van der Waals surface area contributed by atoms with E-state index in [0.29, 0.717) is 11.1 Å². The quantitative estimate of drug-likeness (QED) is 0.673. The molecule has 0 fully saturated rings. The molecule has 0 saturated carbocycles. The van der Waals surface area contributed by atoms with Crippen molar-refractivity contribution in [1.82, 2.24) is 5.32 Å². The largest absolute Gasteiger partial charge is 0.437 e. The Morgan fingerprint density at radius 3 is 2.86 bits per heavy atom. The molecule has 1 aromatic rings. The smallest absolute Gasteiger partial charge is 0.304 e. The summed E-state index contributed by atoms with van der Waals surface area (Å²) in [5.74, 6) is -0.612. The summed E-state index contributed by atoms with van der Waals surface area (Å²) in [5, 5.41) is 2.57. The number of carbonyl (C=O) groups excluding carboxylic acids is 2. The molecule has 4 heteroatoms. The first kappa shape index (κ1) is 8.74. The van der Waals surface area contributed by atoms with Gasteiger partial charge in [0.25, 0.3) is 5.91 Å². The van der Waals surface area contributed by atoms with Crippen molar-refractivity contribution < 1.29 is 14.3 Å². The average Bonchev–Trinajstić information content (AvgIpc) is 2.44. The van der Waals surface area contributed by atoms with Gasteiger partial charge in [0.1, 0.15) is 0 Å². The molecule has 14 heavy (non-hydrogen) atoms. The number of esters is 1. The van der Waals surface area contributed by atoms with Gasteiger partial charge in [-0.15, -0.1) is 0 Å². The highest BCUT2D eigenvalue weighted by Gasteiger charge is 2.29. The molecule has 0 radical (unpaired) electrons. The Morgan fingerprint density at radius 1 is 1.43 bits per heavy atom. The van der Waals surface area contributed by atoms with E-state index in [1.165, 1.54) is 6.92 Å². The zero-order valence-corrected chi connectivity index (χ0v) is 7.61. The summed E-state index contributed by atoms with van der Waals surface area (Å²) in [4.78, 5) is 22.1. The predicted molar refractivity (Wildman–Crippen MR) is 48.4 cm³/mol. The highest BCUT2D eigenvalue weighted by Crippen LogP contribution is 2.25. The molecule has 4 nitrogen and oxygen atoms in total. The number of nitrogens with one attached hydrogen (secondary N) is 1. The topological polar surface area (TPSA) is 55.4 Å². The number of carbonyl (C=O) groups is 2. The van der Waals surface area contributed by atoms with E-state index in [4.69, 9.17) is 4.74 Å². The predicted octanol–water partition coefficient (Wildman–Crippen LogP) is 0.992. The average molecular weight is 191 g/mol. The van der Waals surface area contributed by atoms with Gasteiger partial charge in [-0.1, -0.05) is 18.2 Å². The van der Waals surface area contributed by atoms with Gasteiger partial charge in [-0.2, -0.15) is 0 Å². The van der Waals surface area contributed by atoms with Crippen LogP contribution in [-0.4, -0.2) is 11.9 Å². The molecular weight excluding hydrogens is 182 g/mol. The van der Waals surface area contributed by atoms with Crippen molar-refractivity contribution in [2.45, 2.75) is 13.2 Å². The Balaban J connectivity index is 2.34. The van der Waals surface area contributed by atoms with Crippen LogP contribution in [0, 0.1) is 0 Å². The van der Waals surface area contributed by atoms with Crippen LogP contribution < -0.4 is 5.32 Å². The molecule has 1 unspecified atom stereocenters. The molecular formula is C10H9NO3. The van der Waals surface area contributed by atoms with Crippen LogP contribution in [0.2, 0.25) is 0 Å². The number of ether oxygens (including phenoxy) is 1. The van der Waals surface area contributed by atoms with Crippen LogP contribution in [0.4, 0.5) is 0 Å². The van der Waals surface area contributed by atoms with Crippen LogP contribution in [0.25, 0.3) is 0 Å². The van der Waals surface area contributed by atoms with Crippen molar-refractivity contribution in [2.75, 3.05) is 0 Å². The van der Waals surface area contributed by atoms with E-state index >= 15 is 0 Å². The first-order valence-corrected chi connectivity index (χ1v) is 4.25. The molecule has 1 aromatic carbocycles.